The molecule has 0 aliphatic heterocycles. The Bertz CT molecular complexity index is 1170. The van der Waals surface area contributed by atoms with Crippen LogP contribution in [0.25, 0.3) is 11.4 Å². The summed E-state index contributed by atoms with van der Waals surface area (Å²) in [6, 6.07) is 19.1. The van der Waals surface area contributed by atoms with Crippen molar-refractivity contribution < 1.29 is 23.2 Å². The van der Waals surface area contributed by atoms with Gasteiger partial charge in [-0.25, -0.2) is 0 Å². The number of carbonyl (C=O) groups is 1. The summed E-state index contributed by atoms with van der Waals surface area (Å²) in [5.74, 6) is 2.41. The number of nitrogens with one attached hydrogen (secondary N) is 1. The second kappa shape index (κ2) is 11.8. The summed E-state index contributed by atoms with van der Waals surface area (Å²) in [5.41, 5.74) is 2.87. The molecule has 0 saturated carbocycles. The van der Waals surface area contributed by atoms with Crippen molar-refractivity contribution in [2.45, 2.75) is 39.5 Å². The zero-order valence-corrected chi connectivity index (χ0v) is 19.0. The number of amides is 1. The van der Waals surface area contributed by atoms with E-state index in [0.717, 1.165) is 28.2 Å². The predicted octanol–water partition coefficient (Wildman–Crippen LogP) is 4.69. The van der Waals surface area contributed by atoms with Crippen molar-refractivity contribution in [3.05, 3.63) is 89.7 Å². The van der Waals surface area contributed by atoms with E-state index in [-0.39, 0.29) is 12.3 Å². The van der Waals surface area contributed by atoms with E-state index in [1.54, 1.807) is 6.26 Å². The van der Waals surface area contributed by atoms with E-state index in [1.807, 2.05) is 67.6 Å². The Kier molecular flexibility index (Phi) is 8.08. The first-order valence-corrected chi connectivity index (χ1v) is 11.2. The van der Waals surface area contributed by atoms with Crippen molar-refractivity contribution in [2.24, 2.45) is 0 Å². The molecule has 0 bridgehead atoms. The van der Waals surface area contributed by atoms with Gasteiger partial charge in [0.05, 0.1) is 19.5 Å². The second-order valence-corrected chi connectivity index (χ2v) is 7.64. The standard InChI is InChI=1S/C26H27N3O5/c1-2-32-22-10-8-21(9-11-22)26-28-25(34-29-26)13-12-24(30)27-16-19-5-3-6-20(15-19)17-31-18-23-7-4-14-33-23/h3-11,14-15H,2,12-13,16-18H2,1H3,(H,27,30). The van der Waals surface area contributed by atoms with E-state index < -0.39 is 0 Å². The highest BCUT2D eigenvalue weighted by molar-refractivity contribution is 5.76. The minimum Gasteiger partial charge on any atom is -0.494 e. The van der Waals surface area contributed by atoms with Crippen LogP contribution in [0.2, 0.25) is 0 Å². The average molecular weight is 462 g/mol. The molecule has 34 heavy (non-hydrogen) atoms. The van der Waals surface area contributed by atoms with Crippen LogP contribution >= 0.6 is 0 Å². The molecule has 0 fully saturated rings. The van der Waals surface area contributed by atoms with Crippen molar-refractivity contribution in [1.82, 2.24) is 15.5 Å². The maximum absolute atomic E-state index is 12.3. The van der Waals surface area contributed by atoms with E-state index in [0.29, 0.717) is 44.5 Å². The first kappa shape index (κ1) is 23.3. The Hall–Kier alpha value is -3.91. The lowest BCUT2D eigenvalue weighted by atomic mass is 10.1. The van der Waals surface area contributed by atoms with E-state index in [1.165, 1.54) is 0 Å². The Balaban J connectivity index is 1.20. The predicted molar refractivity (Wildman–Crippen MR) is 125 cm³/mol. The molecule has 1 amide bonds. The number of hydrogen-bond acceptors (Lipinski definition) is 7. The molecule has 2 aromatic heterocycles. The Morgan fingerprint density at radius 1 is 1.03 bits per heavy atom. The van der Waals surface area contributed by atoms with Gasteiger partial charge in [0, 0.05) is 24.9 Å². The second-order valence-electron chi connectivity index (χ2n) is 7.64. The van der Waals surface area contributed by atoms with Crippen LogP contribution in [0.3, 0.4) is 0 Å². The number of nitrogens with zero attached hydrogens (tertiary/aromatic N) is 2. The number of hydrogen-bond donors (Lipinski definition) is 1. The number of furan rings is 1. The molecule has 0 radical (unpaired) electrons. The van der Waals surface area contributed by atoms with Crippen LogP contribution < -0.4 is 10.1 Å². The van der Waals surface area contributed by atoms with Crippen LogP contribution in [0.15, 0.2) is 75.9 Å². The van der Waals surface area contributed by atoms with E-state index in [9.17, 15) is 4.79 Å². The van der Waals surface area contributed by atoms with Crippen molar-refractivity contribution in [2.75, 3.05) is 6.61 Å². The quantitative estimate of drug-likeness (QED) is 0.327. The lowest BCUT2D eigenvalue weighted by Gasteiger charge is -2.07. The van der Waals surface area contributed by atoms with E-state index in [4.69, 9.17) is 18.4 Å². The fourth-order valence-electron chi connectivity index (χ4n) is 3.34. The van der Waals surface area contributed by atoms with Gasteiger partial charge in [-0.05, 0) is 54.4 Å². The molecule has 0 spiro atoms. The number of rotatable bonds is 12. The summed E-state index contributed by atoms with van der Waals surface area (Å²) >= 11 is 0. The first-order chi connectivity index (χ1) is 16.7. The van der Waals surface area contributed by atoms with Crippen LogP contribution in [0.1, 0.15) is 36.1 Å². The third-order valence-corrected chi connectivity index (χ3v) is 5.03. The number of ether oxygens (including phenoxy) is 2. The summed E-state index contributed by atoms with van der Waals surface area (Å²) in [4.78, 5) is 16.7. The van der Waals surface area contributed by atoms with Gasteiger partial charge in [0.25, 0.3) is 0 Å². The molecule has 0 aliphatic carbocycles. The Labute approximate surface area is 197 Å². The van der Waals surface area contributed by atoms with Crippen molar-refractivity contribution in [3.8, 4) is 17.1 Å². The van der Waals surface area contributed by atoms with Gasteiger partial charge in [0.15, 0.2) is 0 Å². The monoisotopic (exact) mass is 461 g/mol. The zero-order chi connectivity index (χ0) is 23.6. The molecule has 1 N–H and O–H groups in total. The molecule has 8 heteroatoms. The highest BCUT2D eigenvalue weighted by Gasteiger charge is 2.11. The topological polar surface area (TPSA) is 99.6 Å². The molecular weight excluding hydrogens is 434 g/mol. The molecule has 0 saturated heterocycles. The first-order valence-electron chi connectivity index (χ1n) is 11.2. The zero-order valence-electron chi connectivity index (χ0n) is 19.0. The molecule has 4 aromatic rings. The summed E-state index contributed by atoms with van der Waals surface area (Å²) in [6.07, 6.45) is 2.26. The molecule has 8 nitrogen and oxygen atoms in total. The maximum Gasteiger partial charge on any atom is 0.227 e. The average Bonchev–Trinajstić information content (AvgIpc) is 3.55. The van der Waals surface area contributed by atoms with Gasteiger partial charge in [0.2, 0.25) is 17.6 Å². The minimum atomic E-state index is -0.0831. The van der Waals surface area contributed by atoms with Gasteiger partial charge < -0.3 is 23.7 Å². The summed E-state index contributed by atoms with van der Waals surface area (Å²) in [6.45, 7) is 3.87. The van der Waals surface area contributed by atoms with Gasteiger partial charge in [-0.15, -0.1) is 0 Å². The summed E-state index contributed by atoms with van der Waals surface area (Å²) in [5, 5.41) is 6.94. The van der Waals surface area contributed by atoms with Gasteiger partial charge in [-0.2, -0.15) is 4.98 Å². The van der Waals surface area contributed by atoms with Crippen LogP contribution in [0.5, 0.6) is 5.75 Å². The van der Waals surface area contributed by atoms with Crippen LogP contribution in [-0.2, 0) is 35.7 Å². The summed E-state index contributed by atoms with van der Waals surface area (Å²) < 4.78 is 21.7. The molecule has 176 valence electrons. The van der Waals surface area contributed by atoms with Crippen molar-refractivity contribution in [1.29, 1.82) is 0 Å². The maximum atomic E-state index is 12.3. The lowest BCUT2D eigenvalue weighted by Crippen LogP contribution is -2.23. The molecule has 0 unspecified atom stereocenters. The fourth-order valence-corrected chi connectivity index (χ4v) is 3.34. The largest absolute Gasteiger partial charge is 0.494 e. The van der Waals surface area contributed by atoms with Crippen molar-refractivity contribution in [3.63, 3.8) is 0 Å². The molecule has 0 aliphatic rings. The number of benzene rings is 2. The molecule has 2 aromatic carbocycles. The van der Waals surface area contributed by atoms with Crippen LogP contribution in [0.4, 0.5) is 0 Å². The van der Waals surface area contributed by atoms with E-state index in [2.05, 4.69) is 15.5 Å². The SMILES string of the molecule is CCOc1ccc(-c2noc(CCC(=O)NCc3cccc(COCc4ccco4)c3)n2)cc1. The highest BCUT2D eigenvalue weighted by Crippen LogP contribution is 2.20. The Morgan fingerprint density at radius 2 is 1.88 bits per heavy atom. The molecule has 0 atom stereocenters. The van der Waals surface area contributed by atoms with E-state index >= 15 is 0 Å². The smallest absolute Gasteiger partial charge is 0.227 e. The molecule has 4 rings (SSSR count). The number of aromatic nitrogens is 2. The number of carbonyl (C=O) groups excluding carboxylic acids is 1. The lowest BCUT2D eigenvalue weighted by molar-refractivity contribution is -0.121. The van der Waals surface area contributed by atoms with Crippen LogP contribution in [-0.4, -0.2) is 22.7 Å². The van der Waals surface area contributed by atoms with Crippen molar-refractivity contribution >= 4 is 5.91 Å². The normalized spacial score (nSPS) is 10.9. The molecule has 2 heterocycles. The minimum absolute atomic E-state index is 0.0831. The van der Waals surface area contributed by atoms with Gasteiger partial charge >= 0.3 is 0 Å². The van der Waals surface area contributed by atoms with Gasteiger partial charge in [0.1, 0.15) is 18.1 Å². The summed E-state index contributed by atoms with van der Waals surface area (Å²) in [7, 11) is 0. The van der Waals surface area contributed by atoms with Gasteiger partial charge in [-0.1, -0.05) is 29.4 Å². The highest BCUT2D eigenvalue weighted by atomic mass is 16.5. The third-order valence-electron chi connectivity index (χ3n) is 5.03. The Morgan fingerprint density at radius 3 is 2.68 bits per heavy atom. The fraction of sp³-hybridized carbons (Fsp3) is 0.269. The number of aryl methyl sites for hydroxylation is 1. The van der Waals surface area contributed by atoms with Crippen LogP contribution in [0, 0.1) is 0 Å². The third kappa shape index (κ3) is 6.79. The molecular formula is C26H27N3O5. The van der Waals surface area contributed by atoms with Gasteiger partial charge in [-0.3, -0.25) is 4.79 Å².